The van der Waals surface area contributed by atoms with Crippen molar-refractivity contribution in [3.8, 4) is 0 Å². The summed E-state index contributed by atoms with van der Waals surface area (Å²) in [6, 6.07) is 6.29. The van der Waals surface area contributed by atoms with Crippen molar-refractivity contribution in [2.45, 2.75) is 25.3 Å². The minimum absolute atomic E-state index is 0. The van der Waals surface area contributed by atoms with Gasteiger partial charge in [-0.2, -0.15) is 0 Å². The van der Waals surface area contributed by atoms with Crippen LogP contribution in [0, 0.1) is 5.82 Å². The molecule has 0 bridgehead atoms. The molecule has 2 N–H and O–H groups in total. The first-order chi connectivity index (χ1) is 8.24. The largest absolute Gasteiger partial charge is 0.352 e. The summed E-state index contributed by atoms with van der Waals surface area (Å²) in [5.74, 6) is -0.268. The van der Waals surface area contributed by atoms with Crippen molar-refractivity contribution in [3.63, 3.8) is 0 Å². The van der Waals surface area contributed by atoms with Gasteiger partial charge in [0.05, 0.1) is 6.42 Å². The van der Waals surface area contributed by atoms with E-state index in [2.05, 4.69) is 10.6 Å². The van der Waals surface area contributed by atoms with Crippen molar-refractivity contribution >= 4 is 18.3 Å². The summed E-state index contributed by atoms with van der Waals surface area (Å²) < 4.78 is 12.7. The summed E-state index contributed by atoms with van der Waals surface area (Å²) in [4.78, 5) is 11.7. The molecule has 2 rings (SSSR count). The van der Waals surface area contributed by atoms with E-state index in [9.17, 15) is 9.18 Å². The highest BCUT2D eigenvalue weighted by Gasteiger charge is 2.15. The lowest BCUT2D eigenvalue weighted by molar-refractivity contribution is -0.121. The van der Waals surface area contributed by atoms with E-state index in [0.29, 0.717) is 6.42 Å². The van der Waals surface area contributed by atoms with Crippen LogP contribution >= 0.6 is 12.4 Å². The van der Waals surface area contributed by atoms with Crippen LogP contribution in [0.25, 0.3) is 0 Å². The number of halogens is 2. The number of carbonyl (C=O) groups excluding carboxylic acids is 1. The van der Waals surface area contributed by atoms with E-state index in [1.807, 2.05) is 0 Å². The molecule has 1 atom stereocenters. The molecule has 0 aromatic heterocycles. The molecule has 1 aromatic carbocycles. The molecule has 1 heterocycles. The zero-order valence-corrected chi connectivity index (χ0v) is 10.9. The molecule has 0 unspecified atom stereocenters. The summed E-state index contributed by atoms with van der Waals surface area (Å²) in [6.45, 7) is 1.87. The van der Waals surface area contributed by atoms with Crippen molar-refractivity contribution in [1.82, 2.24) is 10.6 Å². The maximum absolute atomic E-state index is 12.7. The predicted molar refractivity (Wildman–Crippen MR) is 71.4 cm³/mol. The summed E-state index contributed by atoms with van der Waals surface area (Å²) in [5, 5.41) is 6.23. The Bertz CT molecular complexity index is 377. The molecule has 5 heteroatoms. The van der Waals surface area contributed by atoms with Crippen LogP contribution in [0.4, 0.5) is 4.39 Å². The fraction of sp³-hybridized carbons (Fsp3) is 0.462. The maximum Gasteiger partial charge on any atom is 0.224 e. The molecule has 0 saturated carbocycles. The molecule has 100 valence electrons. The van der Waals surface area contributed by atoms with Crippen LogP contribution in [0.2, 0.25) is 0 Å². The molecular formula is C13H18ClFN2O. The minimum Gasteiger partial charge on any atom is -0.352 e. The van der Waals surface area contributed by atoms with E-state index in [1.54, 1.807) is 12.1 Å². The molecule has 0 spiro atoms. The topological polar surface area (TPSA) is 41.1 Å². The summed E-state index contributed by atoms with van der Waals surface area (Å²) in [5.41, 5.74) is 0.840. The standard InChI is InChI=1S/C13H17FN2O.ClH/c14-11-5-3-10(4-6-11)8-13(17)16-12-2-1-7-15-9-12;/h3-6,12,15H,1-2,7-9H2,(H,16,17);1H/t12-;/m1./s1. The van der Waals surface area contributed by atoms with Crippen LogP contribution in [-0.4, -0.2) is 25.0 Å². The Labute approximate surface area is 113 Å². The van der Waals surface area contributed by atoms with Crippen molar-refractivity contribution in [2.75, 3.05) is 13.1 Å². The monoisotopic (exact) mass is 272 g/mol. The van der Waals surface area contributed by atoms with E-state index < -0.39 is 0 Å². The maximum atomic E-state index is 12.7. The second-order valence-corrected chi connectivity index (χ2v) is 4.41. The molecule has 1 aliphatic heterocycles. The van der Waals surface area contributed by atoms with E-state index in [-0.39, 0.29) is 30.2 Å². The molecular weight excluding hydrogens is 255 g/mol. The van der Waals surface area contributed by atoms with E-state index in [0.717, 1.165) is 31.5 Å². The van der Waals surface area contributed by atoms with Gasteiger partial charge in [0.15, 0.2) is 0 Å². The number of amides is 1. The van der Waals surface area contributed by atoms with E-state index in [4.69, 9.17) is 0 Å². The van der Waals surface area contributed by atoms with Gasteiger partial charge in [0.2, 0.25) is 5.91 Å². The Morgan fingerprint density at radius 1 is 1.39 bits per heavy atom. The fourth-order valence-corrected chi connectivity index (χ4v) is 2.04. The van der Waals surface area contributed by atoms with Crippen molar-refractivity contribution in [1.29, 1.82) is 0 Å². The molecule has 1 saturated heterocycles. The average Bonchev–Trinajstić information content (AvgIpc) is 2.33. The van der Waals surface area contributed by atoms with Crippen molar-refractivity contribution < 1.29 is 9.18 Å². The van der Waals surface area contributed by atoms with E-state index in [1.165, 1.54) is 12.1 Å². The van der Waals surface area contributed by atoms with Crippen molar-refractivity contribution in [3.05, 3.63) is 35.6 Å². The number of carbonyl (C=O) groups is 1. The van der Waals surface area contributed by atoms with Gasteiger partial charge in [0.1, 0.15) is 5.82 Å². The third-order valence-corrected chi connectivity index (χ3v) is 2.94. The van der Waals surface area contributed by atoms with Gasteiger partial charge >= 0.3 is 0 Å². The quantitative estimate of drug-likeness (QED) is 0.879. The van der Waals surface area contributed by atoms with Crippen LogP contribution in [0.5, 0.6) is 0 Å². The van der Waals surface area contributed by atoms with Gasteiger partial charge in [-0.15, -0.1) is 12.4 Å². The third kappa shape index (κ3) is 4.63. The Morgan fingerprint density at radius 2 is 2.11 bits per heavy atom. The highest BCUT2D eigenvalue weighted by Crippen LogP contribution is 2.05. The third-order valence-electron chi connectivity index (χ3n) is 2.94. The van der Waals surface area contributed by atoms with Crippen LogP contribution < -0.4 is 10.6 Å². The van der Waals surface area contributed by atoms with Crippen LogP contribution in [0.3, 0.4) is 0 Å². The second kappa shape index (κ2) is 7.34. The van der Waals surface area contributed by atoms with Gasteiger partial charge in [-0.1, -0.05) is 12.1 Å². The molecule has 0 radical (unpaired) electrons. The molecule has 0 aliphatic carbocycles. The van der Waals surface area contributed by atoms with Gasteiger partial charge < -0.3 is 10.6 Å². The zero-order chi connectivity index (χ0) is 12.1. The lowest BCUT2D eigenvalue weighted by atomic mass is 10.1. The lowest BCUT2D eigenvalue weighted by Crippen LogP contribution is -2.46. The normalized spacial score (nSPS) is 18.8. The molecule has 1 fully saturated rings. The predicted octanol–water partition coefficient (Wildman–Crippen LogP) is 1.66. The summed E-state index contributed by atoms with van der Waals surface area (Å²) >= 11 is 0. The molecule has 1 amide bonds. The van der Waals surface area contributed by atoms with Gasteiger partial charge in [0.25, 0.3) is 0 Å². The van der Waals surface area contributed by atoms with Crippen molar-refractivity contribution in [2.24, 2.45) is 0 Å². The first-order valence-electron chi connectivity index (χ1n) is 5.98. The van der Waals surface area contributed by atoms with Gasteiger partial charge in [-0.05, 0) is 37.1 Å². The highest BCUT2D eigenvalue weighted by atomic mass is 35.5. The van der Waals surface area contributed by atoms with Gasteiger partial charge in [-0.3, -0.25) is 4.79 Å². The number of hydrogen-bond acceptors (Lipinski definition) is 2. The number of piperidine rings is 1. The van der Waals surface area contributed by atoms with Crippen LogP contribution in [-0.2, 0) is 11.2 Å². The molecule has 18 heavy (non-hydrogen) atoms. The van der Waals surface area contributed by atoms with E-state index >= 15 is 0 Å². The second-order valence-electron chi connectivity index (χ2n) is 4.41. The van der Waals surface area contributed by atoms with Gasteiger partial charge in [-0.25, -0.2) is 4.39 Å². The number of rotatable bonds is 3. The lowest BCUT2D eigenvalue weighted by Gasteiger charge is -2.23. The zero-order valence-electron chi connectivity index (χ0n) is 10.1. The molecule has 1 aliphatic rings. The fourth-order valence-electron chi connectivity index (χ4n) is 2.04. The molecule has 3 nitrogen and oxygen atoms in total. The Morgan fingerprint density at radius 3 is 2.72 bits per heavy atom. The average molecular weight is 273 g/mol. The first kappa shape index (κ1) is 14.9. The smallest absolute Gasteiger partial charge is 0.224 e. The number of nitrogens with one attached hydrogen (secondary N) is 2. The SMILES string of the molecule is Cl.O=C(Cc1ccc(F)cc1)N[C@@H]1CCCNC1. The minimum atomic E-state index is -0.273. The molecule has 1 aromatic rings. The number of benzene rings is 1. The Hall–Kier alpha value is -1.13. The first-order valence-corrected chi connectivity index (χ1v) is 5.98. The van der Waals surface area contributed by atoms with Gasteiger partial charge in [0, 0.05) is 12.6 Å². The Kier molecular flexibility index (Phi) is 6.09. The van der Waals surface area contributed by atoms with Crippen LogP contribution in [0.1, 0.15) is 18.4 Å². The van der Waals surface area contributed by atoms with Crippen LogP contribution in [0.15, 0.2) is 24.3 Å². The number of hydrogen-bond donors (Lipinski definition) is 2. The summed E-state index contributed by atoms with van der Waals surface area (Å²) in [7, 11) is 0. The summed E-state index contributed by atoms with van der Waals surface area (Å²) in [6.07, 6.45) is 2.44. The highest BCUT2D eigenvalue weighted by molar-refractivity contribution is 5.85. The Balaban J connectivity index is 0.00000162.